The highest BCUT2D eigenvalue weighted by Crippen LogP contribution is 2.33. The van der Waals surface area contributed by atoms with Gasteiger partial charge in [-0.1, -0.05) is 12.2 Å². The van der Waals surface area contributed by atoms with Crippen molar-refractivity contribution in [2.75, 3.05) is 14.2 Å². The first-order chi connectivity index (χ1) is 6.74. The molecule has 1 fully saturated rings. The molecule has 0 spiro atoms. The standard InChI is InChI=1S/C11H17NO2/c1-13-10-6-3-4-7-11(12-10,14-2)9-5-8-10/h3-4,6-7,12H,5,8-9H2,1-2H3. The number of fused-ring (bicyclic) bond motifs is 2. The molecule has 2 rings (SSSR count). The lowest BCUT2D eigenvalue weighted by Crippen LogP contribution is -2.60. The zero-order chi connectivity index (χ0) is 10.1. The van der Waals surface area contributed by atoms with E-state index in [9.17, 15) is 0 Å². The van der Waals surface area contributed by atoms with Gasteiger partial charge in [0.1, 0.15) is 11.4 Å². The van der Waals surface area contributed by atoms with Gasteiger partial charge in [-0.3, -0.25) is 5.32 Å². The first-order valence-corrected chi connectivity index (χ1v) is 5.01. The van der Waals surface area contributed by atoms with Gasteiger partial charge in [0, 0.05) is 14.2 Å². The van der Waals surface area contributed by atoms with Gasteiger partial charge in [-0.05, 0) is 31.4 Å². The highest BCUT2D eigenvalue weighted by molar-refractivity contribution is 5.21. The molecule has 2 aliphatic heterocycles. The average Bonchev–Trinajstić information content (AvgIpc) is 2.37. The van der Waals surface area contributed by atoms with E-state index in [2.05, 4.69) is 17.5 Å². The van der Waals surface area contributed by atoms with Crippen molar-refractivity contribution in [1.29, 1.82) is 0 Å². The molecule has 2 heterocycles. The maximum atomic E-state index is 5.54. The smallest absolute Gasteiger partial charge is 0.140 e. The van der Waals surface area contributed by atoms with Gasteiger partial charge in [-0.2, -0.15) is 0 Å². The summed E-state index contributed by atoms with van der Waals surface area (Å²) in [5.74, 6) is 0. The summed E-state index contributed by atoms with van der Waals surface area (Å²) in [4.78, 5) is 0. The van der Waals surface area contributed by atoms with Crippen LogP contribution in [0, 0.1) is 0 Å². The SMILES string of the molecule is COC12C=CC=CC(OC)(CCC1)N2. The van der Waals surface area contributed by atoms with Gasteiger partial charge in [-0.25, -0.2) is 0 Å². The Morgan fingerprint density at radius 1 is 1.00 bits per heavy atom. The number of hydrogen-bond donors (Lipinski definition) is 1. The van der Waals surface area contributed by atoms with Gasteiger partial charge in [0.05, 0.1) is 0 Å². The maximum absolute atomic E-state index is 5.54. The summed E-state index contributed by atoms with van der Waals surface area (Å²) in [5, 5.41) is 3.42. The fraction of sp³-hybridized carbons (Fsp3) is 0.636. The van der Waals surface area contributed by atoms with Crippen LogP contribution in [0.1, 0.15) is 19.3 Å². The van der Waals surface area contributed by atoms with Crippen LogP contribution in [0.25, 0.3) is 0 Å². The zero-order valence-electron chi connectivity index (χ0n) is 8.75. The van der Waals surface area contributed by atoms with Crippen molar-refractivity contribution in [3.05, 3.63) is 24.3 Å². The van der Waals surface area contributed by atoms with E-state index in [-0.39, 0.29) is 11.4 Å². The summed E-state index contributed by atoms with van der Waals surface area (Å²) in [6.07, 6.45) is 11.2. The molecule has 0 saturated carbocycles. The minimum Gasteiger partial charge on any atom is -0.360 e. The zero-order valence-corrected chi connectivity index (χ0v) is 8.75. The summed E-state index contributed by atoms with van der Waals surface area (Å²) < 4.78 is 11.1. The fourth-order valence-electron chi connectivity index (χ4n) is 2.21. The number of methoxy groups -OCH3 is 2. The summed E-state index contributed by atoms with van der Waals surface area (Å²) in [5.41, 5.74) is -0.699. The summed E-state index contributed by atoms with van der Waals surface area (Å²) in [6.45, 7) is 0. The van der Waals surface area contributed by atoms with Crippen molar-refractivity contribution in [2.24, 2.45) is 0 Å². The molecule has 3 nitrogen and oxygen atoms in total. The molecule has 0 aromatic heterocycles. The van der Waals surface area contributed by atoms with Gasteiger partial charge < -0.3 is 9.47 Å². The first kappa shape index (κ1) is 9.90. The monoisotopic (exact) mass is 195 g/mol. The summed E-state index contributed by atoms with van der Waals surface area (Å²) >= 11 is 0. The third kappa shape index (κ3) is 1.52. The lowest BCUT2D eigenvalue weighted by Gasteiger charge is -2.44. The van der Waals surface area contributed by atoms with Gasteiger partial charge in [0.2, 0.25) is 0 Å². The predicted molar refractivity (Wildman–Crippen MR) is 54.7 cm³/mol. The molecule has 2 aliphatic rings. The van der Waals surface area contributed by atoms with Gasteiger partial charge >= 0.3 is 0 Å². The molecule has 2 atom stereocenters. The molecular formula is C11H17NO2. The van der Waals surface area contributed by atoms with Crippen molar-refractivity contribution in [1.82, 2.24) is 5.32 Å². The molecule has 78 valence electrons. The Kier molecular flexibility index (Phi) is 2.47. The second-order valence-electron chi connectivity index (χ2n) is 3.88. The van der Waals surface area contributed by atoms with E-state index in [1.165, 1.54) is 0 Å². The highest BCUT2D eigenvalue weighted by atomic mass is 16.5. The van der Waals surface area contributed by atoms with Crippen molar-refractivity contribution in [3.8, 4) is 0 Å². The Morgan fingerprint density at radius 2 is 1.50 bits per heavy atom. The Morgan fingerprint density at radius 3 is 1.93 bits per heavy atom. The lowest BCUT2D eigenvalue weighted by molar-refractivity contribution is -0.121. The Bertz CT molecular complexity index is 248. The number of nitrogens with one attached hydrogen (secondary N) is 1. The molecule has 0 aromatic carbocycles. The minimum atomic E-state index is -0.349. The third-order valence-corrected chi connectivity index (χ3v) is 3.09. The molecule has 0 amide bonds. The second-order valence-corrected chi connectivity index (χ2v) is 3.88. The topological polar surface area (TPSA) is 30.5 Å². The summed E-state index contributed by atoms with van der Waals surface area (Å²) in [7, 11) is 3.46. The molecule has 0 radical (unpaired) electrons. The predicted octanol–water partition coefficient (Wildman–Crippen LogP) is 1.57. The van der Waals surface area contributed by atoms with Crippen LogP contribution in [-0.2, 0) is 9.47 Å². The third-order valence-electron chi connectivity index (χ3n) is 3.09. The molecule has 14 heavy (non-hydrogen) atoms. The lowest BCUT2D eigenvalue weighted by atomic mass is 9.93. The van der Waals surface area contributed by atoms with E-state index in [1.807, 2.05) is 12.2 Å². The largest absolute Gasteiger partial charge is 0.360 e. The molecule has 1 saturated heterocycles. The van der Waals surface area contributed by atoms with Crippen molar-refractivity contribution in [3.63, 3.8) is 0 Å². The second kappa shape index (κ2) is 3.50. The average molecular weight is 195 g/mol. The molecule has 0 aliphatic carbocycles. The fourth-order valence-corrected chi connectivity index (χ4v) is 2.21. The minimum absolute atomic E-state index is 0.349. The van der Waals surface area contributed by atoms with Crippen LogP contribution >= 0.6 is 0 Å². The van der Waals surface area contributed by atoms with Crippen molar-refractivity contribution >= 4 is 0 Å². The Labute approximate surface area is 84.8 Å². The van der Waals surface area contributed by atoms with Crippen LogP contribution in [-0.4, -0.2) is 25.7 Å². The normalized spacial score (nSPS) is 41.0. The number of ether oxygens (including phenoxy) is 2. The Hall–Kier alpha value is -0.640. The molecule has 2 bridgehead atoms. The molecule has 1 N–H and O–H groups in total. The van der Waals surface area contributed by atoms with Crippen LogP contribution in [0.3, 0.4) is 0 Å². The van der Waals surface area contributed by atoms with E-state index in [0.717, 1.165) is 19.3 Å². The maximum Gasteiger partial charge on any atom is 0.140 e. The van der Waals surface area contributed by atoms with Crippen LogP contribution in [0.15, 0.2) is 24.3 Å². The quantitative estimate of drug-likeness (QED) is 0.725. The van der Waals surface area contributed by atoms with Crippen LogP contribution in [0.5, 0.6) is 0 Å². The van der Waals surface area contributed by atoms with E-state index in [4.69, 9.17) is 9.47 Å². The van der Waals surface area contributed by atoms with Crippen molar-refractivity contribution in [2.45, 2.75) is 30.7 Å². The summed E-state index contributed by atoms with van der Waals surface area (Å²) in [6, 6.07) is 0. The number of rotatable bonds is 2. The molecular weight excluding hydrogens is 178 g/mol. The van der Waals surface area contributed by atoms with Crippen molar-refractivity contribution < 1.29 is 9.47 Å². The molecule has 2 unspecified atom stereocenters. The number of allylic oxidation sites excluding steroid dienone is 2. The number of hydrogen-bond acceptors (Lipinski definition) is 3. The van der Waals surface area contributed by atoms with Gasteiger partial charge in [0.25, 0.3) is 0 Å². The van der Waals surface area contributed by atoms with E-state index in [1.54, 1.807) is 14.2 Å². The Balaban J connectivity index is 2.31. The van der Waals surface area contributed by atoms with E-state index < -0.39 is 0 Å². The van der Waals surface area contributed by atoms with Gasteiger partial charge in [-0.15, -0.1) is 0 Å². The molecule has 0 aromatic rings. The highest BCUT2D eigenvalue weighted by Gasteiger charge is 2.42. The van der Waals surface area contributed by atoms with Crippen LogP contribution < -0.4 is 5.32 Å². The number of piperidine rings is 1. The van der Waals surface area contributed by atoms with Gasteiger partial charge in [0.15, 0.2) is 0 Å². The van der Waals surface area contributed by atoms with Crippen LogP contribution in [0.4, 0.5) is 0 Å². The van der Waals surface area contributed by atoms with E-state index in [0.29, 0.717) is 0 Å². The van der Waals surface area contributed by atoms with Crippen LogP contribution in [0.2, 0.25) is 0 Å². The van der Waals surface area contributed by atoms with E-state index >= 15 is 0 Å². The molecule has 3 heteroatoms. The first-order valence-electron chi connectivity index (χ1n) is 5.01.